The minimum Gasteiger partial charge on any atom is -0.461 e. The SMILES string of the molecule is O=C(CC1CNC1)OCc1ccc(Cl)cc1. The van der Waals surface area contributed by atoms with E-state index >= 15 is 0 Å². The van der Waals surface area contributed by atoms with Crippen LogP contribution in [0.5, 0.6) is 0 Å². The lowest BCUT2D eigenvalue weighted by Gasteiger charge is -2.25. The molecule has 0 unspecified atom stereocenters. The van der Waals surface area contributed by atoms with Crippen LogP contribution in [0.1, 0.15) is 12.0 Å². The molecular formula is C12H14ClNO2. The molecule has 1 aliphatic heterocycles. The standard InChI is InChI=1S/C12H14ClNO2/c13-11-3-1-9(2-4-11)8-16-12(15)5-10-6-14-7-10/h1-4,10,14H,5-8H2. The van der Waals surface area contributed by atoms with Crippen molar-refractivity contribution in [2.45, 2.75) is 13.0 Å². The Morgan fingerprint density at radius 2 is 2.06 bits per heavy atom. The van der Waals surface area contributed by atoms with Crippen LogP contribution in [-0.4, -0.2) is 19.1 Å². The molecule has 0 aliphatic carbocycles. The Kier molecular flexibility index (Phi) is 3.80. The summed E-state index contributed by atoms with van der Waals surface area (Å²) in [6.07, 6.45) is 0.514. The van der Waals surface area contributed by atoms with Crippen LogP contribution in [0.15, 0.2) is 24.3 Å². The van der Waals surface area contributed by atoms with Crippen LogP contribution >= 0.6 is 11.6 Å². The van der Waals surface area contributed by atoms with Crippen molar-refractivity contribution in [3.63, 3.8) is 0 Å². The number of benzene rings is 1. The molecule has 0 radical (unpaired) electrons. The average Bonchev–Trinajstić information content (AvgIpc) is 2.23. The van der Waals surface area contributed by atoms with E-state index in [0.29, 0.717) is 24.0 Å². The highest BCUT2D eigenvalue weighted by Crippen LogP contribution is 2.12. The number of hydrogen-bond donors (Lipinski definition) is 1. The maximum Gasteiger partial charge on any atom is 0.306 e. The topological polar surface area (TPSA) is 38.3 Å². The molecule has 1 fully saturated rings. The van der Waals surface area contributed by atoms with E-state index in [0.717, 1.165) is 18.7 Å². The van der Waals surface area contributed by atoms with Crippen molar-refractivity contribution in [2.24, 2.45) is 5.92 Å². The Bertz CT molecular complexity index is 360. The van der Waals surface area contributed by atoms with Crippen molar-refractivity contribution in [1.82, 2.24) is 5.32 Å². The summed E-state index contributed by atoms with van der Waals surface area (Å²) in [6.45, 7) is 2.18. The fourth-order valence-electron chi connectivity index (χ4n) is 1.53. The molecule has 0 saturated carbocycles. The number of hydrogen-bond acceptors (Lipinski definition) is 3. The lowest BCUT2D eigenvalue weighted by Crippen LogP contribution is -2.43. The van der Waals surface area contributed by atoms with Crippen molar-refractivity contribution in [1.29, 1.82) is 0 Å². The van der Waals surface area contributed by atoms with Gasteiger partial charge in [0.05, 0.1) is 6.42 Å². The highest BCUT2D eigenvalue weighted by molar-refractivity contribution is 6.30. The van der Waals surface area contributed by atoms with Gasteiger partial charge in [0.1, 0.15) is 6.61 Å². The summed E-state index contributed by atoms with van der Waals surface area (Å²) in [7, 11) is 0. The molecule has 1 aromatic carbocycles. The molecule has 1 heterocycles. The van der Waals surface area contributed by atoms with Crippen LogP contribution in [0.4, 0.5) is 0 Å². The van der Waals surface area contributed by atoms with E-state index < -0.39 is 0 Å². The quantitative estimate of drug-likeness (QED) is 0.817. The number of rotatable bonds is 4. The third-order valence-corrected chi connectivity index (χ3v) is 2.89. The summed E-state index contributed by atoms with van der Waals surface area (Å²) in [5.74, 6) is 0.333. The molecule has 1 saturated heterocycles. The third-order valence-electron chi connectivity index (χ3n) is 2.63. The van der Waals surface area contributed by atoms with Crippen LogP contribution in [0.3, 0.4) is 0 Å². The van der Waals surface area contributed by atoms with Gasteiger partial charge in [-0.3, -0.25) is 4.79 Å². The normalized spacial score (nSPS) is 15.6. The lowest BCUT2D eigenvalue weighted by molar-refractivity contribution is -0.146. The second-order valence-corrected chi connectivity index (χ2v) is 4.45. The Morgan fingerprint density at radius 1 is 1.38 bits per heavy atom. The summed E-state index contributed by atoms with van der Waals surface area (Å²) in [5.41, 5.74) is 0.962. The van der Waals surface area contributed by atoms with Gasteiger partial charge in [-0.05, 0) is 36.7 Å². The Hall–Kier alpha value is -1.06. The summed E-state index contributed by atoms with van der Waals surface area (Å²) in [5, 5.41) is 3.81. The summed E-state index contributed by atoms with van der Waals surface area (Å²) < 4.78 is 5.16. The molecule has 4 heteroatoms. The van der Waals surface area contributed by atoms with E-state index in [-0.39, 0.29) is 5.97 Å². The van der Waals surface area contributed by atoms with Gasteiger partial charge in [-0.25, -0.2) is 0 Å². The molecular weight excluding hydrogens is 226 g/mol. The molecule has 3 nitrogen and oxygen atoms in total. The number of carbonyl (C=O) groups excluding carboxylic acids is 1. The van der Waals surface area contributed by atoms with Gasteiger partial charge >= 0.3 is 5.97 Å². The van der Waals surface area contributed by atoms with Gasteiger partial charge in [0.25, 0.3) is 0 Å². The predicted octanol–water partition coefficient (Wildman–Crippen LogP) is 1.99. The van der Waals surface area contributed by atoms with Crippen LogP contribution < -0.4 is 5.32 Å². The van der Waals surface area contributed by atoms with Gasteiger partial charge in [-0.15, -0.1) is 0 Å². The first-order valence-corrected chi connectivity index (χ1v) is 5.72. The molecule has 0 amide bonds. The first-order chi connectivity index (χ1) is 7.74. The van der Waals surface area contributed by atoms with E-state index in [1.165, 1.54) is 0 Å². The Balaban J connectivity index is 1.73. The minimum atomic E-state index is -0.124. The van der Waals surface area contributed by atoms with Gasteiger partial charge in [-0.1, -0.05) is 23.7 Å². The second-order valence-electron chi connectivity index (χ2n) is 4.02. The van der Waals surface area contributed by atoms with Crippen LogP contribution in [0.2, 0.25) is 5.02 Å². The Labute approximate surface area is 99.7 Å². The molecule has 1 aromatic rings. The molecule has 1 N–H and O–H groups in total. The van der Waals surface area contributed by atoms with E-state index in [1.807, 2.05) is 12.1 Å². The van der Waals surface area contributed by atoms with E-state index in [1.54, 1.807) is 12.1 Å². The van der Waals surface area contributed by atoms with Crippen molar-refractivity contribution in [3.05, 3.63) is 34.9 Å². The first kappa shape index (κ1) is 11.4. The summed E-state index contributed by atoms with van der Waals surface area (Å²) in [6, 6.07) is 7.31. The zero-order valence-electron chi connectivity index (χ0n) is 8.91. The van der Waals surface area contributed by atoms with Crippen LogP contribution in [0.25, 0.3) is 0 Å². The molecule has 0 aromatic heterocycles. The highest BCUT2D eigenvalue weighted by atomic mass is 35.5. The van der Waals surface area contributed by atoms with Crippen molar-refractivity contribution in [2.75, 3.05) is 13.1 Å². The lowest BCUT2D eigenvalue weighted by atomic mass is 10.00. The number of esters is 1. The molecule has 86 valence electrons. The van der Waals surface area contributed by atoms with Crippen molar-refractivity contribution >= 4 is 17.6 Å². The maximum atomic E-state index is 11.4. The largest absolute Gasteiger partial charge is 0.461 e. The van der Waals surface area contributed by atoms with Crippen LogP contribution in [0, 0.1) is 5.92 Å². The Morgan fingerprint density at radius 3 is 2.62 bits per heavy atom. The smallest absolute Gasteiger partial charge is 0.306 e. The number of carbonyl (C=O) groups is 1. The molecule has 1 aliphatic rings. The molecule has 16 heavy (non-hydrogen) atoms. The maximum absolute atomic E-state index is 11.4. The molecule has 0 spiro atoms. The van der Waals surface area contributed by atoms with Crippen molar-refractivity contribution in [3.8, 4) is 0 Å². The van der Waals surface area contributed by atoms with Crippen LogP contribution in [-0.2, 0) is 16.1 Å². The highest BCUT2D eigenvalue weighted by Gasteiger charge is 2.20. The number of nitrogens with one attached hydrogen (secondary N) is 1. The number of halogens is 1. The van der Waals surface area contributed by atoms with Gasteiger partial charge in [0, 0.05) is 5.02 Å². The summed E-state index contributed by atoms with van der Waals surface area (Å²) in [4.78, 5) is 11.4. The van der Waals surface area contributed by atoms with E-state index in [2.05, 4.69) is 5.32 Å². The fourth-order valence-corrected chi connectivity index (χ4v) is 1.66. The zero-order chi connectivity index (χ0) is 11.4. The van der Waals surface area contributed by atoms with Crippen molar-refractivity contribution < 1.29 is 9.53 Å². The minimum absolute atomic E-state index is 0.124. The van der Waals surface area contributed by atoms with E-state index in [4.69, 9.17) is 16.3 Å². The molecule has 0 atom stereocenters. The first-order valence-electron chi connectivity index (χ1n) is 5.35. The molecule has 0 bridgehead atoms. The van der Waals surface area contributed by atoms with Gasteiger partial charge in [-0.2, -0.15) is 0 Å². The third kappa shape index (κ3) is 3.22. The second kappa shape index (κ2) is 5.32. The van der Waals surface area contributed by atoms with Gasteiger partial charge in [0.15, 0.2) is 0 Å². The summed E-state index contributed by atoms with van der Waals surface area (Å²) >= 11 is 5.75. The van der Waals surface area contributed by atoms with Gasteiger partial charge < -0.3 is 10.1 Å². The molecule has 2 rings (SSSR count). The van der Waals surface area contributed by atoms with Gasteiger partial charge in [0.2, 0.25) is 0 Å². The number of ether oxygens (including phenoxy) is 1. The fraction of sp³-hybridized carbons (Fsp3) is 0.417. The zero-order valence-corrected chi connectivity index (χ0v) is 9.67. The average molecular weight is 240 g/mol. The van der Waals surface area contributed by atoms with E-state index in [9.17, 15) is 4.79 Å². The predicted molar refractivity (Wildman–Crippen MR) is 62.2 cm³/mol. The monoisotopic (exact) mass is 239 g/mol.